The SMILES string of the molecule is CCCC(C)(C)Oc1cc(C(C)(C)CCC)c(OPOc2ccc3ccccc3c2)c(-c2c(C)c(C(C)(C)CCC)cc(C(C)(C)CCC)c2OPOc2ccc3ccccc3c2)c1C. The number of rotatable bonds is 22. The van der Waals surface area contributed by atoms with E-state index in [4.69, 9.17) is 22.8 Å². The second kappa shape index (κ2) is 21.1. The summed E-state index contributed by atoms with van der Waals surface area (Å²) in [6.45, 7) is 32.2. The van der Waals surface area contributed by atoms with Crippen LogP contribution in [-0.4, -0.2) is 5.60 Å². The van der Waals surface area contributed by atoms with E-state index in [1.165, 1.54) is 27.5 Å². The first-order valence-corrected chi connectivity index (χ1v) is 25.7. The molecule has 6 aromatic carbocycles. The van der Waals surface area contributed by atoms with Gasteiger partial charge < -0.3 is 22.8 Å². The highest BCUT2D eigenvalue weighted by Crippen LogP contribution is 2.56. The van der Waals surface area contributed by atoms with Gasteiger partial charge in [0.15, 0.2) is 0 Å². The fraction of sp³-hybridized carbons (Fsp3) is 0.448. The van der Waals surface area contributed by atoms with E-state index in [2.05, 4.69) is 182 Å². The summed E-state index contributed by atoms with van der Waals surface area (Å²) < 4.78 is 34.8. The Balaban J connectivity index is 1.65. The first-order chi connectivity index (χ1) is 30.9. The Morgan fingerprint density at radius 1 is 0.415 bits per heavy atom. The molecule has 0 aliphatic carbocycles. The zero-order valence-corrected chi connectivity index (χ0v) is 43.9. The number of fused-ring (bicyclic) bond motifs is 2. The molecular weight excluding hydrogens is 839 g/mol. The highest BCUT2D eigenvalue weighted by molar-refractivity contribution is 7.27. The van der Waals surface area contributed by atoms with E-state index in [-0.39, 0.29) is 34.3 Å². The molecule has 0 saturated carbocycles. The minimum Gasteiger partial charge on any atom is -0.488 e. The maximum atomic E-state index is 7.24. The summed E-state index contributed by atoms with van der Waals surface area (Å²) >= 11 is 0. The second-order valence-corrected chi connectivity index (χ2v) is 21.8. The highest BCUT2D eigenvalue weighted by atomic mass is 31.1. The van der Waals surface area contributed by atoms with Crippen molar-refractivity contribution in [1.82, 2.24) is 0 Å². The summed E-state index contributed by atoms with van der Waals surface area (Å²) in [6, 6.07) is 34.0. The van der Waals surface area contributed by atoms with Gasteiger partial charge in [0.1, 0.15) is 34.3 Å². The van der Waals surface area contributed by atoms with E-state index < -0.39 is 5.60 Å². The Morgan fingerprint density at radius 3 is 1.26 bits per heavy atom. The Morgan fingerprint density at radius 2 is 0.815 bits per heavy atom. The molecule has 0 N–H and O–H groups in total. The Kier molecular flexibility index (Phi) is 16.3. The highest BCUT2D eigenvalue weighted by Gasteiger charge is 2.37. The molecule has 0 aliphatic rings. The largest absolute Gasteiger partial charge is 0.488 e. The molecule has 65 heavy (non-hydrogen) atoms. The normalized spacial score (nSPS) is 12.8. The summed E-state index contributed by atoms with van der Waals surface area (Å²) in [7, 11) is -0.600. The zero-order valence-electron chi connectivity index (χ0n) is 41.9. The lowest BCUT2D eigenvalue weighted by molar-refractivity contribution is 0.0974. The van der Waals surface area contributed by atoms with Crippen molar-refractivity contribution >= 4 is 39.6 Å². The minimum absolute atomic E-state index is 0.121. The number of hydrogen-bond acceptors (Lipinski definition) is 5. The van der Waals surface area contributed by atoms with E-state index in [1.807, 2.05) is 12.1 Å². The van der Waals surface area contributed by atoms with Crippen LogP contribution < -0.4 is 22.8 Å². The van der Waals surface area contributed by atoms with Gasteiger partial charge in [-0.05, 0) is 133 Å². The van der Waals surface area contributed by atoms with Crippen LogP contribution in [0.4, 0.5) is 0 Å². The van der Waals surface area contributed by atoms with Gasteiger partial charge in [-0.3, -0.25) is 0 Å². The zero-order chi connectivity index (χ0) is 47.2. The van der Waals surface area contributed by atoms with Crippen LogP contribution >= 0.6 is 18.1 Å². The molecule has 348 valence electrons. The van der Waals surface area contributed by atoms with Crippen LogP contribution in [0.15, 0.2) is 97.1 Å². The molecule has 0 heterocycles. The Hall–Kier alpha value is -4.30. The van der Waals surface area contributed by atoms with Crippen molar-refractivity contribution in [3.63, 3.8) is 0 Å². The van der Waals surface area contributed by atoms with Crippen LogP contribution in [-0.2, 0) is 16.2 Å². The average molecular weight is 915 g/mol. The Bertz CT molecular complexity index is 2570. The molecule has 6 rings (SSSR count). The number of ether oxygens (including phenoxy) is 1. The van der Waals surface area contributed by atoms with Crippen molar-refractivity contribution in [2.75, 3.05) is 0 Å². The van der Waals surface area contributed by atoms with Gasteiger partial charge in [0.2, 0.25) is 0 Å². The molecule has 0 fully saturated rings. The van der Waals surface area contributed by atoms with Gasteiger partial charge in [-0.2, -0.15) is 0 Å². The van der Waals surface area contributed by atoms with Gasteiger partial charge in [-0.1, -0.05) is 162 Å². The fourth-order valence-electron chi connectivity index (χ4n) is 10.0. The molecule has 6 aromatic rings. The molecule has 0 aromatic heterocycles. The summed E-state index contributed by atoms with van der Waals surface area (Å²) in [4.78, 5) is 0. The maximum Gasteiger partial charge on any atom is 0.275 e. The molecule has 0 spiro atoms. The number of hydrogen-bond donors (Lipinski definition) is 0. The fourth-order valence-corrected chi connectivity index (χ4v) is 11.2. The summed E-state index contributed by atoms with van der Waals surface area (Å²) in [5.74, 6) is 4.08. The van der Waals surface area contributed by atoms with Gasteiger partial charge >= 0.3 is 0 Å². The third-order valence-corrected chi connectivity index (χ3v) is 14.6. The first kappa shape index (κ1) is 50.1. The van der Waals surface area contributed by atoms with Crippen LogP contribution in [0.25, 0.3) is 32.7 Å². The Labute approximate surface area is 395 Å². The van der Waals surface area contributed by atoms with Gasteiger partial charge in [0.05, 0.1) is 0 Å². The molecule has 2 atom stereocenters. The lowest BCUT2D eigenvalue weighted by Crippen LogP contribution is -2.29. The van der Waals surface area contributed by atoms with Crippen molar-refractivity contribution in [3.05, 3.63) is 125 Å². The maximum absolute atomic E-state index is 7.24. The summed E-state index contributed by atoms with van der Waals surface area (Å²) in [6.07, 6.45) is 8.04. The van der Waals surface area contributed by atoms with Crippen LogP contribution in [0, 0.1) is 13.8 Å². The summed E-state index contributed by atoms with van der Waals surface area (Å²) in [5, 5.41) is 4.61. The molecule has 0 saturated heterocycles. The molecule has 0 aliphatic heterocycles. The van der Waals surface area contributed by atoms with Crippen LogP contribution in [0.1, 0.15) is 162 Å². The van der Waals surface area contributed by atoms with Crippen molar-refractivity contribution in [2.45, 2.75) is 170 Å². The molecular formula is C58H76O5P2. The van der Waals surface area contributed by atoms with Crippen LogP contribution in [0.3, 0.4) is 0 Å². The topological polar surface area (TPSA) is 46.2 Å². The van der Waals surface area contributed by atoms with Crippen molar-refractivity contribution in [3.8, 4) is 39.9 Å². The van der Waals surface area contributed by atoms with Gasteiger partial charge in [0.25, 0.3) is 18.1 Å². The van der Waals surface area contributed by atoms with E-state index in [0.29, 0.717) is 0 Å². The van der Waals surface area contributed by atoms with Gasteiger partial charge in [-0.25, -0.2) is 0 Å². The van der Waals surface area contributed by atoms with Crippen LogP contribution in [0.5, 0.6) is 28.7 Å². The monoisotopic (exact) mass is 915 g/mol. The van der Waals surface area contributed by atoms with E-state index >= 15 is 0 Å². The first-order valence-electron chi connectivity index (χ1n) is 24.1. The second-order valence-electron chi connectivity index (χ2n) is 20.7. The quantitative estimate of drug-likeness (QED) is 0.0635. The van der Waals surface area contributed by atoms with E-state index in [0.717, 1.165) is 113 Å². The molecule has 0 bridgehead atoms. The van der Waals surface area contributed by atoms with Gasteiger partial charge in [-0.15, -0.1) is 0 Å². The lowest BCUT2D eigenvalue weighted by Gasteiger charge is -2.37. The van der Waals surface area contributed by atoms with Crippen molar-refractivity contribution in [1.29, 1.82) is 0 Å². The predicted molar refractivity (Wildman–Crippen MR) is 282 cm³/mol. The average Bonchev–Trinajstić information content (AvgIpc) is 3.24. The predicted octanol–water partition coefficient (Wildman–Crippen LogP) is 18.4. The van der Waals surface area contributed by atoms with Crippen molar-refractivity contribution < 1.29 is 22.8 Å². The molecule has 5 nitrogen and oxygen atoms in total. The lowest BCUT2D eigenvalue weighted by atomic mass is 9.70. The smallest absolute Gasteiger partial charge is 0.275 e. The molecule has 7 heteroatoms. The third kappa shape index (κ3) is 11.6. The standard InChI is InChI=1S/C58H76O5P2/c1-15-31-55(7,8)47-37-48(56(9,10)32-16-2)53(62-64-60-45-29-27-41-23-19-21-25-43(41)35-45)51(39(47)5)52-40(6)50(59-58(13,14)34-18-4)38-49(57(11,12)33-17-3)54(52)63-65-61-46-30-28-42-24-20-22-26-44(42)36-46/h19-30,35-38,64-65H,15-18,31-34H2,1-14H3. The van der Waals surface area contributed by atoms with E-state index in [9.17, 15) is 0 Å². The molecule has 0 radical (unpaired) electrons. The van der Waals surface area contributed by atoms with E-state index in [1.54, 1.807) is 0 Å². The molecule has 2 unspecified atom stereocenters. The van der Waals surface area contributed by atoms with Crippen molar-refractivity contribution in [2.24, 2.45) is 0 Å². The van der Waals surface area contributed by atoms with Crippen LogP contribution in [0.2, 0.25) is 0 Å². The minimum atomic E-state index is -0.394. The third-order valence-electron chi connectivity index (χ3n) is 13.4. The molecule has 0 amide bonds. The van der Waals surface area contributed by atoms with Gasteiger partial charge in [0, 0.05) is 27.8 Å². The summed E-state index contributed by atoms with van der Waals surface area (Å²) in [5.41, 5.74) is 6.83. The number of benzene rings is 6.